The summed E-state index contributed by atoms with van der Waals surface area (Å²) in [4.78, 5) is 38.1. The molecule has 6 heteroatoms. The van der Waals surface area contributed by atoms with Crippen molar-refractivity contribution in [3.63, 3.8) is 0 Å². The molecule has 0 bridgehead atoms. The van der Waals surface area contributed by atoms with Crippen molar-refractivity contribution in [2.24, 2.45) is 0 Å². The fourth-order valence-corrected chi connectivity index (χ4v) is 3.71. The van der Waals surface area contributed by atoms with Crippen LogP contribution in [0.5, 0.6) is 0 Å². The topological polar surface area (TPSA) is 66.5 Å². The monoisotopic (exact) mass is 368 g/mol. The minimum absolute atomic E-state index is 0.123. The highest BCUT2D eigenvalue weighted by molar-refractivity contribution is 8.01. The Kier molecular flexibility index (Phi) is 5.73. The number of amides is 3. The molecule has 1 N–H and O–H groups in total. The smallest absolute Gasteiger partial charge is 0.247 e. The van der Waals surface area contributed by atoms with Crippen molar-refractivity contribution in [3.05, 3.63) is 60.2 Å². The number of imide groups is 1. The van der Waals surface area contributed by atoms with E-state index >= 15 is 0 Å². The van der Waals surface area contributed by atoms with Crippen molar-refractivity contribution >= 4 is 40.9 Å². The zero-order chi connectivity index (χ0) is 18.5. The lowest BCUT2D eigenvalue weighted by Gasteiger charge is -2.15. The predicted molar refractivity (Wildman–Crippen MR) is 104 cm³/mol. The zero-order valence-electron chi connectivity index (χ0n) is 14.5. The van der Waals surface area contributed by atoms with Gasteiger partial charge in [-0.1, -0.05) is 37.3 Å². The summed E-state index contributed by atoms with van der Waals surface area (Å²) >= 11 is 1.21. The van der Waals surface area contributed by atoms with E-state index in [0.717, 1.165) is 12.0 Å². The fraction of sp³-hybridized carbons (Fsp3) is 0.250. The first-order chi connectivity index (χ1) is 12.6. The van der Waals surface area contributed by atoms with Crippen molar-refractivity contribution in [2.45, 2.75) is 25.0 Å². The Hall–Kier alpha value is -2.60. The average Bonchev–Trinajstić information content (AvgIpc) is 2.94. The summed E-state index contributed by atoms with van der Waals surface area (Å²) in [5, 5.41) is 2.26. The SMILES string of the molecule is CCc1ccc(N2C(=O)CC(SCC(=O)Nc3ccccc3)C2=O)cc1. The quantitative estimate of drug-likeness (QED) is 0.795. The number of rotatable bonds is 6. The number of thioether (sulfide) groups is 1. The second kappa shape index (κ2) is 8.19. The van der Waals surface area contributed by atoms with Gasteiger partial charge in [0.25, 0.3) is 0 Å². The number of benzene rings is 2. The second-order valence-electron chi connectivity index (χ2n) is 6.01. The van der Waals surface area contributed by atoms with E-state index in [1.165, 1.54) is 16.7 Å². The van der Waals surface area contributed by atoms with Crippen LogP contribution in [-0.2, 0) is 20.8 Å². The van der Waals surface area contributed by atoms with Crippen LogP contribution >= 0.6 is 11.8 Å². The second-order valence-corrected chi connectivity index (χ2v) is 7.20. The third-order valence-electron chi connectivity index (χ3n) is 4.18. The number of nitrogens with zero attached hydrogens (tertiary/aromatic N) is 1. The lowest BCUT2D eigenvalue weighted by molar-refractivity contribution is -0.121. The van der Waals surface area contributed by atoms with Crippen molar-refractivity contribution < 1.29 is 14.4 Å². The maximum absolute atomic E-state index is 12.6. The molecule has 2 aromatic carbocycles. The maximum Gasteiger partial charge on any atom is 0.247 e. The Balaban J connectivity index is 1.59. The standard InChI is InChI=1S/C20H20N2O3S/c1-2-14-8-10-16(11-9-14)22-19(24)12-17(20(22)25)26-13-18(23)21-15-6-4-3-5-7-15/h3-11,17H,2,12-13H2,1H3,(H,21,23). The molecule has 1 aliphatic heterocycles. The summed E-state index contributed by atoms with van der Waals surface area (Å²) in [5.74, 6) is -0.537. The van der Waals surface area contributed by atoms with Gasteiger partial charge in [-0.25, -0.2) is 4.90 Å². The van der Waals surface area contributed by atoms with Crippen molar-refractivity contribution in [1.29, 1.82) is 0 Å². The highest BCUT2D eigenvalue weighted by Gasteiger charge is 2.40. The van der Waals surface area contributed by atoms with Crippen LogP contribution in [0.4, 0.5) is 11.4 Å². The van der Waals surface area contributed by atoms with E-state index in [-0.39, 0.29) is 29.9 Å². The van der Waals surface area contributed by atoms with Gasteiger partial charge in [-0.05, 0) is 36.2 Å². The first kappa shape index (κ1) is 18.2. The lowest BCUT2D eigenvalue weighted by atomic mass is 10.1. The lowest BCUT2D eigenvalue weighted by Crippen LogP contribution is -2.31. The van der Waals surface area contributed by atoms with Crippen LogP contribution in [0.1, 0.15) is 18.9 Å². The molecule has 1 atom stereocenters. The van der Waals surface area contributed by atoms with Gasteiger partial charge in [0, 0.05) is 12.1 Å². The van der Waals surface area contributed by atoms with E-state index in [1.807, 2.05) is 37.3 Å². The van der Waals surface area contributed by atoms with E-state index in [2.05, 4.69) is 5.32 Å². The molecule has 3 rings (SSSR count). The molecule has 5 nitrogen and oxygen atoms in total. The molecule has 134 valence electrons. The summed E-state index contributed by atoms with van der Waals surface area (Å²) in [6, 6.07) is 16.6. The summed E-state index contributed by atoms with van der Waals surface area (Å²) in [6.45, 7) is 2.05. The summed E-state index contributed by atoms with van der Waals surface area (Å²) in [7, 11) is 0. The van der Waals surface area contributed by atoms with Gasteiger partial charge in [-0.15, -0.1) is 11.8 Å². The normalized spacial score (nSPS) is 16.8. The highest BCUT2D eigenvalue weighted by Crippen LogP contribution is 2.30. The van der Waals surface area contributed by atoms with Crippen LogP contribution in [0.2, 0.25) is 0 Å². The van der Waals surface area contributed by atoms with Gasteiger partial charge in [-0.2, -0.15) is 0 Å². The number of hydrogen-bond donors (Lipinski definition) is 1. The zero-order valence-corrected chi connectivity index (χ0v) is 15.3. The van der Waals surface area contributed by atoms with Gasteiger partial charge >= 0.3 is 0 Å². The molecule has 3 amide bonds. The summed E-state index contributed by atoms with van der Waals surface area (Å²) in [5.41, 5.74) is 2.45. The van der Waals surface area contributed by atoms with Crippen molar-refractivity contribution in [2.75, 3.05) is 16.0 Å². The molecule has 26 heavy (non-hydrogen) atoms. The Morgan fingerprint density at radius 3 is 2.46 bits per heavy atom. The van der Waals surface area contributed by atoms with Crippen LogP contribution < -0.4 is 10.2 Å². The molecule has 1 fully saturated rings. The van der Waals surface area contributed by atoms with E-state index in [4.69, 9.17) is 0 Å². The van der Waals surface area contributed by atoms with Crippen LogP contribution in [0.3, 0.4) is 0 Å². The maximum atomic E-state index is 12.6. The van der Waals surface area contributed by atoms with Gasteiger partial charge in [0.2, 0.25) is 17.7 Å². The molecule has 2 aromatic rings. The van der Waals surface area contributed by atoms with Gasteiger partial charge < -0.3 is 5.32 Å². The largest absolute Gasteiger partial charge is 0.325 e. The minimum Gasteiger partial charge on any atom is -0.325 e. The predicted octanol–water partition coefficient (Wildman–Crippen LogP) is 3.25. The number of carbonyl (C=O) groups is 3. The molecular formula is C20H20N2O3S. The van der Waals surface area contributed by atoms with Gasteiger partial charge in [0.05, 0.1) is 16.7 Å². The van der Waals surface area contributed by atoms with Gasteiger partial charge in [0.15, 0.2) is 0 Å². The number of nitrogens with one attached hydrogen (secondary N) is 1. The fourth-order valence-electron chi connectivity index (χ4n) is 2.78. The molecule has 1 heterocycles. The minimum atomic E-state index is -0.519. The molecule has 0 spiro atoms. The number of para-hydroxylation sites is 1. The summed E-state index contributed by atoms with van der Waals surface area (Å²) < 4.78 is 0. The van der Waals surface area contributed by atoms with Crippen LogP contribution in [0.25, 0.3) is 0 Å². The molecule has 1 aliphatic rings. The third-order valence-corrected chi connectivity index (χ3v) is 5.38. The Morgan fingerprint density at radius 2 is 1.81 bits per heavy atom. The number of aryl methyl sites for hydroxylation is 1. The van der Waals surface area contributed by atoms with E-state index in [9.17, 15) is 14.4 Å². The first-order valence-electron chi connectivity index (χ1n) is 8.50. The van der Waals surface area contributed by atoms with Gasteiger partial charge in [-0.3, -0.25) is 14.4 Å². The third kappa shape index (κ3) is 4.14. The van der Waals surface area contributed by atoms with E-state index in [0.29, 0.717) is 11.4 Å². The summed E-state index contributed by atoms with van der Waals surface area (Å²) in [6.07, 6.45) is 1.02. The molecule has 0 aromatic heterocycles. The number of hydrogen-bond acceptors (Lipinski definition) is 4. The van der Waals surface area contributed by atoms with Crippen LogP contribution in [-0.4, -0.2) is 28.7 Å². The van der Waals surface area contributed by atoms with Crippen LogP contribution in [0.15, 0.2) is 54.6 Å². The van der Waals surface area contributed by atoms with E-state index in [1.54, 1.807) is 24.3 Å². The molecule has 1 saturated heterocycles. The Morgan fingerprint density at radius 1 is 1.12 bits per heavy atom. The number of anilines is 2. The molecular weight excluding hydrogens is 348 g/mol. The first-order valence-corrected chi connectivity index (χ1v) is 9.55. The molecule has 0 saturated carbocycles. The van der Waals surface area contributed by atoms with Crippen molar-refractivity contribution in [3.8, 4) is 0 Å². The van der Waals surface area contributed by atoms with Crippen LogP contribution in [0, 0.1) is 0 Å². The average molecular weight is 368 g/mol. The van der Waals surface area contributed by atoms with E-state index < -0.39 is 5.25 Å². The molecule has 0 radical (unpaired) electrons. The Bertz CT molecular complexity index is 806. The Labute approximate surface area is 156 Å². The van der Waals surface area contributed by atoms with Crippen molar-refractivity contribution in [1.82, 2.24) is 0 Å². The van der Waals surface area contributed by atoms with Gasteiger partial charge in [0.1, 0.15) is 0 Å². The number of carbonyl (C=O) groups excluding carboxylic acids is 3. The highest BCUT2D eigenvalue weighted by atomic mass is 32.2. The molecule has 1 unspecified atom stereocenters. The molecule has 0 aliphatic carbocycles.